The summed E-state index contributed by atoms with van der Waals surface area (Å²) in [6, 6.07) is 2.87. The molecule has 0 bridgehead atoms. The van der Waals surface area contributed by atoms with Gasteiger partial charge in [-0.1, -0.05) is 6.07 Å². The van der Waals surface area contributed by atoms with Gasteiger partial charge in [-0.05, 0) is 25.5 Å². The van der Waals surface area contributed by atoms with E-state index >= 15 is 0 Å². The molecule has 24 heavy (non-hydrogen) atoms. The Labute approximate surface area is 134 Å². The third-order valence-corrected chi connectivity index (χ3v) is 4.12. The van der Waals surface area contributed by atoms with Gasteiger partial charge in [0, 0.05) is 10.9 Å². The molecule has 4 rings (SSSR count). The molecule has 0 spiro atoms. The van der Waals surface area contributed by atoms with Gasteiger partial charge in [-0.15, -0.1) is 0 Å². The summed E-state index contributed by atoms with van der Waals surface area (Å²) in [6.07, 6.45) is 1.49. The Balaban J connectivity index is 2.21. The number of hydrogen-bond donors (Lipinski definition) is 3. The van der Waals surface area contributed by atoms with Gasteiger partial charge in [0.15, 0.2) is 5.65 Å². The smallest absolute Gasteiger partial charge is 0.273 e. The number of benzene rings is 1. The molecule has 4 N–H and O–H groups in total. The fourth-order valence-electron chi connectivity index (χ4n) is 2.77. The number of pyridine rings is 1. The molecular weight excluding hydrogens is 311 g/mol. The second-order valence-electron chi connectivity index (χ2n) is 5.59. The van der Waals surface area contributed by atoms with Crippen LogP contribution in [-0.2, 0) is 0 Å². The van der Waals surface area contributed by atoms with Gasteiger partial charge in [-0.25, -0.2) is 14.4 Å². The molecule has 3 aromatic heterocycles. The van der Waals surface area contributed by atoms with Crippen LogP contribution < -0.4 is 11.3 Å². The molecule has 4 aromatic rings. The first-order valence-electron chi connectivity index (χ1n) is 7.26. The standard InChI is InChI=1S/C16H13FN6O/c1-6-7(2)21-15-14(20-6)11(12(18)16(24)22-15)8-3-4-10(17)13-9(8)5-19-23-13/h3-5H,18H2,1-2H3,(H,19,23)(H,21,22,24). The first kappa shape index (κ1) is 14.3. The van der Waals surface area contributed by atoms with Crippen molar-refractivity contribution in [3.63, 3.8) is 0 Å². The van der Waals surface area contributed by atoms with Crippen molar-refractivity contribution in [2.45, 2.75) is 13.8 Å². The summed E-state index contributed by atoms with van der Waals surface area (Å²) in [7, 11) is 0. The Morgan fingerprint density at radius 2 is 1.92 bits per heavy atom. The van der Waals surface area contributed by atoms with Crippen molar-refractivity contribution in [1.82, 2.24) is 25.1 Å². The summed E-state index contributed by atoms with van der Waals surface area (Å²) in [5.74, 6) is -0.433. The number of fused-ring (bicyclic) bond motifs is 2. The second-order valence-corrected chi connectivity index (χ2v) is 5.59. The highest BCUT2D eigenvalue weighted by atomic mass is 19.1. The van der Waals surface area contributed by atoms with Gasteiger partial charge in [-0.3, -0.25) is 9.89 Å². The predicted molar refractivity (Wildman–Crippen MR) is 89.1 cm³/mol. The number of nitrogens with one attached hydrogen (secondary N) is 2. The van der Waals surface area contributed by atoms with Crippen molar-refractivity contribution in [1.29, 1.82) is 0 Å². The largest absolute Gasteiger partial charge is 0.394 e. The Kier molecular flexibility index (Phi) is 2.89. The van der Waals surface area contributed by atoms with E-state index in [2.05, 4.69) is 25.1 Å². The van der Waals surface area contributed by atoms with E-state index in [1.807, 2.05) is 13.8 Å². The Hall–Kier alpha value is -3.29. The predicted octanol–water partition coefficient (Wildman–Crippen LogP) is 2.20. The molecule has 0 radical (unpaired) electrons. The molecule has 0 atom stereocenters. The van der Waals surface area contributed by atoms with Crippen LogP contribution in [0.1, 0.15) is 11.4 Å². The number of nitrogen functional groups attached to an aromatic ring is 1. The number of H-pyrrole nitrogens is 2. The molecule has 0 unspecified atom stereocenters. The molecule has 1 aromatic carbocycles. The minimum absolute atomic E-state index is 0.00848. The van der Waals surface area contributed by atoms with Crippen LogP contribution in [0.25, 0.3) is 33.2 Å². The van der Waals surface area contributed by atoms with Crippen LogP contribution in [0, 0.1) is 19.7 Å². The first-order chi connectivity index (χ1) is 11.5. The van der Waals surface area contributed by atoms with E-state index in [9.17, 15) is 9.18 Å². The third kappa shape index (κ3) is 1.89. The number of anilines is 1. The molecule has 0 saturated heterocycles. The average Bonchev–Trinajstić information content (AvgIpc) is 3.03. The zero-order valence-corrected chi connectivity index (χ0v) is 12.9. The van der Waals surface area contributed by atoms with Crippen molar-refractivity contribution < 1.29 is 4.39 Å². The van der Waals surface area contributed by atoms with E-state index in [0.29, 0.717) is 33.4 Å². The van der Waals surface area contributed by atoms with Gasteiger partial charge in [0.05, 0.1) is 17.6 Å². The van der Waals surface area contributed by atoms with E-state index in [1.165, 1.54) is 12.3 Å². The number of rotatable bonds is 1. The molecule has 0 aliphatic carbocycles. The highest BCUT2D eigenvalue weighted by molar-refractivity contribution is 6.05. The maximum atomic E-state index is 13.9. The zero-order valence-electron chi connectivity index (χ0n) is 12.9. The van der Waals surface area contributed by atoms with Gasteiger partial charge in [0.25, 0.3) is 5.56 Å². The van der Waals surface area contributed by atoms with Crippen LogP contribution in [0.5, 0.6) is 0 Å². The highest BCUT2D eigenvalue weighted by Gasteiger charge is 2.19. The molecule has 0 aliphatic heterocycles. The van der Waals surface area contributed by atoms with E-state index in [4.69, 9.17) is 5.73 Å². The average molecular weight is 324 g/mol. The monoisotopic (exact) mass is 324 g/mol. The maximum Gasteiger partial charge on any atom is 0.273 e. The Bertz CT molecular complexity index is 1180. The number of aromatic amines is 2. The minimum Gasteiger partial charge on any atom is -0.394 e. The number of aryl methyl sites for hydroxylation is 2. The van der Waals surface area contributed by atoms with Crippen molar-refractivity contribution in [2.24, 2.45) is 0 Å². The van der Waals surface area contributed by atoms with Crippen LogP contribution in [0.3, 0.4) is 0 Å². The molecule has 0 saturated carbocycles. The lowest BCUT2D eigenvalue weighted by Gasteiger charge is -2.11. The zero-order chi connectivity index (χ0) is 17.0. The van der Waals surface area contributed by atoms with Gasteiger partial charge < -0.3 is 10.7 Å². The highest BCUT2D eigenvalue weighted by Crippen LogP contribution is 2.35. The summed E-state index contributed by atoms with van der Waals surface area (Å²) in [6.45, 7) is 3.63. The summed E-state index contributed by atoms with van der Waals surface area (Å²) in [5, 5.41) is 7.02. The quantitative estimate of drug-likeness (QED) is 0.497. The molecular formula is C16H13FN6O. The molecule has 120 valence electrons. The molecule has 0 aliphatic rings. The summed E-state index contributed by atoms with van der Waals surface area (Å²) >= 11 is 0. The molecule has 8 heteroatoms. The molecule has 3 heterocycles. The number of nitrogens with zero attached hydrogens (tertiary/aromatic N) is 3. The fraction of sp³-hybridized carbons (Fsp3) is 0.125. The SMILES string of the molecule is Cc1nc2[nH]c(=O)c(N)c(-c3ccc(F)c4[nH]ncc34)c2nc1C. The van der Waals surface area contributed by atoms with E-state index in [0.717, 1.165) is 5.69 Å². The Morgan fingerprint density at radius 3 is 2.71 bits per heavy atom. The van der Waals surface area contributed by atoms with Crippen molar-refractivity contribution in [3.05, 3.63) is 45.9 Å². The van der Waals surface area contributed by atoms with Crippen LogP contribution in [0.15, 0.2) is 23.1 Å². The van der Waals surface area contributed by atoms with Crippen LogP contribution >= 0.6 is 0 Å². The summed E-state index contributed by atoms with van der Waals surface area (Å²) in [4.78, 5) is 23.8. The normalized spacial score (nSPS) is 11.5. The van der Waals surface area contributed by atoms with Crippen molar-refractivity contribution in [2.75, 3.05) is 5.73 Å². The lowest BCUT2D eigenvalue weighted by Crippen LogP contribution is -2.15. The minimum atomic E-state index is -0.462. The fourth-order valence-corrected chi connectivity index (χ4v) is 2.77. The molecule has 7 nitrogen and oxygen atoms in total. The van der Waals surface area contributed by atoms with E-state index in [1.54, 1.807) is 6.07 Å². The third-order valence-electron chi connectivity index (χ3n) is 4.12. The topological polar surface area (TPSA) is 113 Å². The lowest BCUT2D eigenvalue weighted by molar-refractivity contribution is 0.636. The summed E-state index contributed by atoms with van der Waals surface area (Å²) in [5.41, 5.74) is 9.06. The first-order valence-corrected chi connectivity index (χ1v) is 7.26. The number of hydrogen-bond acceptors (Lipinski definition) is 5. The van der Waals surface area contributed by atoms with Crippen molar-refractivity contribution in [3.8, 4) is 11.1 Å². The number of aromatic nitrogens is 5. The van der Waals surface area contributed by atoms with E-state index < -0.39 is 11.4 Å². The van der Waals surface area contributed by atoms with Gasteiger partial charge in [-0.2, -0.15) is 5.10 Å². The van der Waals surface area contributed by atoms with Gasteiger partial charge in [0.2, 0.25) is 0 Å². The van der Waals surface area contributed by atoms with Crippen LogP contribution in [0.2, 0.25) is 0 Å². The molecule has 0 fully saturated rings. The van der Waals surface area contributed by atoms with Crippen LogP contribution in [0.4, 0.5) is 10.1 Å². The number of nitrogens with two attached hydrogens (primary N) is 1. The van der Waals surface area contributed by atoms with Gasteiger partial charge in [0.1, 0.15) is 22.5 Å². The van der Waals surface area contributed by atoms with Crippen LogP contribution in [-0.4, -0.2) is 25.1 Å². The number of halogens is 1. The van der Waals surface area contributed by atoms with Gasteiger partial charge >= 0.3 is 0 Å². The maximum absolute atomic E-state index is 13.9. The van der Waals surface area contributed by atoms with E-state index in [-0.39, 0.29) is 11.2 Å². The molecule has 0 amide bonds. The Morgan fingerprint density at radius 1 is 1.17 bits per heavy atom. The summed E-state index contributed by atoms with van der Waals surface area (Å²) < 4.78 is 13.9. The lowest BCUT2D eigenvalue weighted by atomic mass is 10.00. The van der Waals surface area contributed by atoms with Crippen molar-refractivity contribution >= 4 is 27.8 Å². The second kappa shape index (κ2) is 4.85.